The number of carbonyl (C=O) groups is 1. The molecule has 150 valence electrons. The Hall–Kier alpha value is -3.05. The van der Waals surface area contributed by atoms with Gasteiger partial charge in [-0.25, -0.2) is 9.79 Å². The highest BCUT2D eigenvalue weighted by atomic mass is 32.2. The van der Waals surface area contributed by atoms with Gasteiger partial charge in [0.2, 0.25) is 0 Å². The molecule has 2 N–H and O–H groups in total. The van der Waals surface area contributed by atoms with E-state index in [1.807, 2.05) is 31.2 Å². The van der Waals surface area contributed by atoms with Crippen LogP contribution in [-0.4, -0.2) is 19.3 Å². The first kappa shape index (κ1) is 20.2. The number of hydrogen-bond acceptors (Lipinski definition) is 6. The monoisotopic (exact) mass is 432 g/mol. The maximum atomic E-state index is 11.8. The average Bonchev–Trinajstić information content (AvgIpc) is 2.95. The lowest BCUT2D eigenvalue weighted by Crippen LogP contribution is -2.00. The summed E-state index contributed by atoms with van der Waals surface area (Å²) < 4.78 is 6.05. The number of carbonyl (C=O) groups excluding carboxylic acids is 1. The summed E-state index contributed by atoms with van der Waals surface area (Å²) in [6, 6.07) is 13.9. The summed E-state index contributed by atoms with van der Waals surface area (Å²) in [5, 5.41) is 1.22. The zero-order chi connectivity index (χ0) is 21.3. The number of ether oxygens (including phenoxy) is 1. The first-order valence-electron chi connectivity index (χ1n) is 9.33. The molecule has 0 amide bonds. The summed E-state index contributed by atoms with van der Waals surface area (Å²) >= 11 is 3.38. The quantitative estimate of drug-likeness (QED) is 0.408. The third-order valence-corrected chi connectivity index (χ3v) is 7.10. The molecule has 2 aromatic carbocycles. The lowest BCUT2D eigenvalue weighted by atomic mass is 10.0. The standard InChI is InChI=1S/C24H20N2O2S2/c1-14-11-22(25)26-10-9-19(14)23-15(2)20-13-18(7-8-21(20)30-23)29-17-6-4-5-16(12-17)24(27)28-3/h4-10,12-13H,25H2,1-3H3. The molecule has 0 fully saturated rings. The topological polar surface area (TPSA) is 64.7 Å². The fourth-order valence-corrected chi connectivity index (χ4v) is 5.51. The predicted octanol–water partition coefficient (Wildman–Crippen LogP) is 5.96. The van der Waals surface area contributed by atoms with E-state index in [1.54, 1.807) is 35.4 Å². The molecule has 0 spiro atoms. The van der Waals surface area contributed by atoms with Crippen LogP contribution in [0.4, 0.5) is 0 Å². The summed E-state index contributed by atoms with van der Waals surface area (Å²) in [7, 11) is 1.39. The van der Waals surface area contributed by atoms with E-state index in [0.29, 0.717) is 11.4 Å². The highest BCUT2D eigenvalue weighted by Crippen LogP contribution is 2.40. The van der Waals surface area contributed by atoms with Gasteiger partial charge in [-0.05, 0) is 67.3 Å². The molecule has 4 rings (SSSR count). The Balaban J connectivity index is 1.70. The van der Waals surface area contributed by atoms with Crippen LogP contribution in [-0.2, 0) is 4.74 Å². The number of esters is 1. The Morgan fingerprint density at radius 2 is 1.97 bits per heavy atom. The van der Waals surface area contributed by atoms with Gasteiger partial charge in [-0.15, -0.1) is 11.3 Å². The van der Waals surface area contributed by atoms with E-state index >= 15 is 0 Å². The van der Waals surface area contributed by atoms with Gasteiger partial charge in [0.05, 0.1) is 12.7 Å². The number of hydrogen-bond donors (Lipinski definition) is 1. The molecule has 1 aliphatic heterocycles. The van der Waals surface area contributed by atoms with Crippen LogP contribution in [0.5, 0.6) is 0 Å². The molecule has 1 aliphatic rings. The van der Waals surface area contributed by atoms with E-state index in [0.717, 1.165) is 20.9 Å². The summed E-state index contributed by atoms with van der Waals surface area (Å²) in [6.45, 7) is 4.15. The molecule has 6 heteroatoms. The first-order valence-corrected chi connectivity index (χ1v) is 11.0. The molecule has 0 radical (unpaired) electrons. The van der Waals surface area contributed by atoms with Crippen LogP contribution in [0.25, 0.3) is 15.7 Å². The molecule has 1 aromatic heterocycles. The normalized spacial score (nSPS) is 13.5. The SMILES string of the molecule is COC(=O)c1cccc(Sc2ccc3sc(C4=CC=NC(N)=C=C4C)c(C)c3c2)c1. The average molecular weight is 433 g/mol. The van der Waals surface area contributed by atoms with Crippen LogP contribution >= 0.6 is 23.1 Å². The minimum atomic E-state index is -0.329. The number of rotatable bonds is 4. The second-order valence-electron chi connectivity index (χ2n) is 6.83. The summed E-state index contributed by atoms with van der Waals surface area (Å²) in [5.74, 6) is 0.0648. The molecule has 0 saturated heterocycles. The number of nitrogens with two attached hydrogens (primary N) is 1. The highest BCUT2D eigenvalue weighted by molar-refractivity contribution is 7.99. The second-order valence-corrected chi connectivity index (χ2v) is 9.03. The van der Waals surface area contributed by atoms with Crippen molar-refractivity contribution in [2.24, 2.45) is 10.7 Å². The molecule has 3 aromatic rings. The molecule has 4 nitrogen and oxygen atoms in total. The van der Waals surface area contributed by atoms with Crippen molar-refractivity contribution in [2.75, 3.05) is 7.11 Å². The van der Waals surface area contributed by atoms with Gasteiger partial charge in [0.15, 0.2) is 5.82 Å². The summed E-state index contributed by atoms with van der Waals surface area (Å²) in [5.41, 5.74) is 12.8. The van der Waals surface area contributed by atoms with Crippen LogP contribution < -0.4 is 5.73 Å². The van der Waals surface area contributed by atoms with Crippen LogP contribution in [0.2, 0.25) is 0 Å². The lowest BCUT2D eigenvalue weighted by Gasteiger charge is -2.05. The molecule has 2 heterocycles. The van der Waals surface area contributed by atoms with Gasteiger partial charge in [0.1, 0.15) is 0 Å². The van der Waals surface area contributed by atoms with E-state index in [-0.39, 0.29) is 5.97 Å². The van der Waals surface area contributed by atoms with Crippen molar-refractivity contribution in [3.8, 4) is 0 Å². The maximum absolute atomic E-state index is 11.8. The number of nitrogens with zero attached hydrogens (tertiary/aromatic N) is 1. The third kappa shape index (κ3) is 3.98. The van der Waals surface area contributed by atoms with Crippen LogP contribution in [0.15, 0.2) is 80.4 Å². The van der Waals surface area contributed by atoms with Crippen molar-refractivity contribution in [2.45, 2.75) is 23.6 Å². The Morgan fingerprint density at radius 3 is 2.77 bits per heavy atom. The van der Waals surface area contributed by atoms with E-state index in [1.165, 1.54) is 27.6 Å². The second kappa shape index (κ2) is 8.36. The zero-order valence-corrected chi connectivity index (χ0v) is 18.5. The molecule has 0 atom stereocenters. The molecule has 0 bridgehead atoms. The number of fused-ring (bicyclic) bond motifs is 1. The fraction of sp³-hybridized carbons (Fsp3) is 0.125. The van der Waals surface area contributed by atoms with E-state index < -0.39 is 0 Å². The van der Waals surface area contributed by atoms with E-state index in [9.17, 15) is 4.79 Å². The van der Waals surface area contributed by atoms with Crippen LogP contribution in [0, 0.1) is 6.92 Å². The minimum Gasteiger partial charge on any atom is -0.465 e. The predicted molar refractivity (Wildman–Crippen MR) is 125 cm³/mol. The first-order chi connectivity index (χ1) is 14.5. The van der Waals surface area contributed by atoms with Crippen molar-refractivity contribution in [3.05, 3.63) is 81.7 Å². The Bertz CT molecular complexity index is 1290. The number of thiophene rings is 1. The molecule has 0 aliphatic carbocycles. The van der Waals surface area contributed by atoms with Crippen molar-refractivity contribution >= 4 is 50.9 Å². The fourth-order valence-electron chi connectivity index (χ4n) is 3.32. The minimum absolute atomic E-state index is 0.329. The van der Waals surface area contributed by atoms with Gasteiger partial charge < -0.3 is 10.5 Å². The van der Waals surface area contributed by atoms with E-state index in [2.05, 4.69) is 35.8 Å². The van der Waals surface area contributed by atoms with Crippen LogP contribution in [0.1, 0.15) is 27.7 Å². The molecule has 30 heavy (non-hydrogen) atoms. The zero-order valence-electron chi connectivity index (χ0n) is 16.9. The van der Waals surface area contributed by atoms with E-state index in [4.69, 9.17) is 10.5 Å². The summed E-state index contributed by atoms with van der Waals surface area (Å²) in [6.07, 6.45) is 3.72. The van der Waals surface area contributed by atoms with Gasteiger partial charge in [-0.3, -0.25) is 0 Å². The van der Waals surface area contributed by atoms with Gasteiger partial charge in [0, 0.05) is 36.7 Å². The number of methoxy groups -OCH3 is 1. The molecule has 0 saturated carbocycles. The molecular weight excluding hydrogens is 412 g/mol. The number of aryl methyl sites for hydroxylation is 1. The Morgan fingerprint density at radius 1 is 1.17 bits per heavy atom. The Kier molecular flexibility index (Phi) is 5.64. The number of aliphatic imine (C=N–C) groups is 1. The van der Waals surface area contributed by atoms with Gasteiger partial charge in [-0.2, -0.15) is 0 Å². The largest absolute Gasteiger partial charge is 0.465 e. The lowest BCUT2D eigenvalue weighted by molar-refractivity contribution is 0.0600. The third-order valence-electron chi connectivity index (χ3n) is 4.82. The van der Waals surface area contributed by atoms with Crippen molar-refractivity contribution < 1.29 is 9.53 Å². The van der Waals surface area contributed by atoms with Gasteiger partial charge in [0.25, 0.3) is 0 Å². The molecular formula is C24H20N2O2S2. The van der Waals surface area contributed by atoms with Crippen LogP contribution in [0.3, 0.4) is 0 Å². The smallest absolute Gasteiger partial charge is 0.337 e. The molecule has 0 unspecified atom stereocenters. The maximum Gasteiger partial charge on any atom is 0.337 e. The van der Waals surface area contributed by atoms with Gasteiger partial charge >= 0.3 is 5.97 Å². The van der Waals surface area contributed by atoms with Crippen molar-refractivity contribution in [3.63, 3.8) is 0 Å². The van der Waals surface area contributed by atoms with Gasteiger partial charge in [-0.1, -0.05) is 23.6 Å². The summed E-state index contributed by atoms with van der Waals surface area (Å²) in [4.78, 5) is 19.3. The number of benzene rings is 2. The number of allylic oxidation sites excluding steroid dienone is 3. The Labute approximate surface area is 183 Å². The van der Waals surface area contributed by atoms with Crippen molar-refractivity contribution in [1.29, 1.82) is 0 Å². The van der Waals surface area contributed by atoms with Crippen molar-refractivity contribution in [1.82, 2.24) is 0 Å². The highest BCUT2D eigenvalue weighted by Gasteiger charge is 2.15.